The van der Waals surface area contributed by atoms with Crippen molar-refractivity contribution in [1.29, 1.82) is 5.26 Å². The Kier molecular flexibility index (Phi) is 6.02. The third-order valence-corrected chi connectivity index (χ3v) is 4.05. The zero-order chi connectivity index (χ0) is 20.8. The lowest BCUT2D eigenvalue weighted by Gasteiger charge is -2.08. The van der Waals surface area contributed by atoms with Gasteiger partial charge in [0.1, 0.15) is 23.2 Å². The highest BCUT2D eigenvalue weighted by Gasteiger charge is 2.11. The molecule has 146 valence electrons. The van der Waals surface area contributed by atoms with Crippen LogP contribution in [0.4, 0.5) is 5.82 Å². The van der Waals surface area contributed by atoms with Crippen LogP contribution in [0.5, 0.6) is 0 Å². The monoisotopic (exact) mass is 390 g/mol. The predicted octanol–water partition coefficient (Wildman–Crippen LogP) is 3.81. The summed E-state index contributed by atoms with van der Waals surface area (Å²) in [4.78, 5) is 15.2. The van der Waals surface area contributed by atoms with Gasteiger partial charge in [-0.2, -0.15) is 10.4 Å². The molecule has 2 aromatic heterocycles. The van der Waals surface area contributed by atoms with Gasteiger partial charge in [-0.05, 0) is 37.3 Å². The van der Waals surface area contributed by atoms with E-state index in [-0.39, 0.29) is 5.56 Å². The molecule has 3 rings (SSSR count). The smallest absolute Gasteiger partial charge is 0.335 e. The largest absolute Gasteiger partial charge is 0.478 e. The SMILES string of the molecule is COCc1cc(C)nc(NN=Cc2ccc(-c3ccc(C(=O)O)cc3)o2)c1C#N. The minimum absolute atomic E-state index is 0.207. The van der Waals surface area contributed by atoms with Crippen molar-refractivity contribution in [2.45, 2.75) is 13.5 Å². The molecule has 0 atom stereocenters. The Morgan fingerprint density at radius 2 is 2.10 bits per heavy atom. The number of aryl methyl sites for hydroxylation is 1. The summed E-state index contributed by atoms with van der Waals surface area (Å²) < 4.78 is 10.8. The summed E-state index contributed by atoms with van der Waals surface area (Å²) in [7, 11) is 1.56. The van der Waals surface area contributed by atoms with Gasteiger partial charge >= 0.3 is 5.97 Å². The Morgan fingerprint density at radius 1 is 1.34 bits per heavy atom. The quantitative estimate of drug-likeness (QED) is 0.465. The van der Waals surface area contributed by atoms with E-state index in [0.717, 1.165) is 16.8 Å². The second-order valence-electron chi connectivity index (χ2n) is 6.15. The first kappa shape index (κ1) is 19.8. The first-order valence-electron chi connectivity index (χ1n) is 8.64. The summed E-state index contributed by atoms with van der Waals surface area (Å²) in [5.74, 6) is 0.423. The van der Waals surface area contributed by atoms with Gasteiger partial charge in [-0.25, -0.2) is 9.78 Å². The zero-order valence-electron chi connectivity index (χ0n) is 15.8. The fraction of sp³-hybridized carbons (Fsp3) is 0.143. The molecule has 2 heterocycles. The maximum Gasteiger partial charge on any atom is 0.335 e. The molecule has 0 radical (unpaired) electrons. The molecule has 0 saturated heterocycles. The van der Waals surface area contributed by atoms with Crippen LogP contribution in [0.15, 0.2) is 52.0 Å². The Labute approximate surface area is 167 Å². The highest BCUT2D eigenvalue weighted by molar-refractivity contribution is 5.88. The number of ether oxygens (including phenoxy) is 1. The van der Waals surface area contributed by atoms with Crippen molar-refractivity contribution in [2.75, 3.05) is 12.5 Å². The third kappa shape index (κ3) is 4.66. The minimum atomic E-state index is -0.981. The van der Waals surface area contributed by atoms with E-state index < -0.39 is 5.97 Å². The molecule has 8 heteroatoms. The van der Waals surface area contributed by atoms with Crippen LogP contribution in [-0.2, 0) is 11.3 Å². The average molecular weight is 390 g/mol. The van der Waals surface area contributed by atoms with E-state index in [9.17, 15) is 10.1 Å². The molecular weight excluding hydrogens is 372 g/mol. The van der Waals surface area contributed by atoms with Gasteiger partial charge in [0.25, 0.3) is 0 Å². The molecule has 1 aromatic carbocycles. The van der Waals surface area contributed by atoms with Crippen LogP contribution in [0.2, 0.25) is 0 Å². The van der Waals surface area contributed by atoms with E-state index in [0.29, 0.717) is 29.5 Å². The number of hydrogen-bond acceptors (Lipinski definition) is 7. The number of hydrogen-bond donors (Lipinski definition) is 2. The lowest BCUT2D eigenvalue weighted by molar-refractivity contribution is 0.0697. The fourth-order valence-electron chi connectivity index (χ4n) is 2.73. The van der Waals surface area contributed by atoms with Gasteiger partial charge in [-0.1, -0.05) is 12.1 Å². The van der Waals surface area contributed by atoms with Crippen LogP contribution in [0.25, 0.3) is 11.3 Å². The number of rotatable bonds is 7. The van der Waals surface area contributed by atoms with E-state index in [1.54, 1.807) is 37.4 Å². The molecule has 3 aromatic rings. The number of furan rings is 1. The lowest BCUT2D eigenvalue weighted by Crippen LogP contribution is -2.03. The lowest BCUT2D eigenvalue weighted by atomic mass is 10.1. The molecule has 0 spiro atoms. The van der Waals surface area contributed by atoms with Gasteiger partial charge < -0.3 is 14.3 Å². The molecule has 0 aliphatic rings. The highest BCUT2D eigenvalue weighted by atomic mass is 16.5. The van der Waals surface area contributed by atoms with E-state index in [1.807, 2.05) is 6.92 Å². The maximum atomic E-state index is 10.9. The second-order valence-corrected chi connectivity index (χ2v) is 6.15. The highest BCUT2D eigenvalue weighted by Crippen LogP contribution is 2.22. The van der Waals surface area contributed by atoms with Crippen LogP contribution in [-0.4, -0.2) is 29.4 Å². The Bertz CT molecular complexity index is 1090. The molecule has 0 aliphatic heterocycles. The predicted molar refractivity (Wildman–Crippen MR) is 107 cm³/mol. The number of aromatic carboxylic acids is 1. The van der Waals surface area contributed by atoms with Gasteiger partial charge in [0.2, 0.25) is 0 Å². The number of anilines is 1. The topological polar surface area (TPSA) is 121 Å². The van der Waals surface area contributed by atoms with Gasteiger partial charge in [0, 0.05) is 23.9 Å². The molecule has 0 bridgehead atoms. The summed E-state index contributed by atoms with van der Waals surface area (Å²) >= 11 is 0. The number of nitriles is 1. The molecule has 0 saturated carbocycles. The summed E-state index contributed by atoms with van der Waals surface area (Å²) in [5.41, 5.74) is 5.56. The summed E-state index contributed by atoms with van der Waals surface area (Å²) in [6.07, 6.45) is 1.47. The number of carboxylic acids is 1. The standard InChI is InChI=1S/C21H18N4O4/c1-13-9-16(12-28-2)18(10-22)20(24-13)25-23-11-17-7-8-19(29-17)14-3-5-15(6-4-14)21(26)27/h3-9,11H,12H2,1-2H3,(H,24,25)(H,26,27). The Balaban J connectivity index is 1.75. The average Bonchev–Trinajstić information content (AvgIpc) is 3.17. The fourth-order valence-corrected chi connectivity index (χ4v) is 2.73. The van der Waals surface area contributed by atoms with E-state index in [1.165, 1.54) is 18.3 Å². The van der Waals surface area contributed by atoms with Crippen LogP contribution in [0.3, 0.4) is 0 Å². The van der Waals surface area contributed by atoms with Crippen LogP contribution >= 0.6 is 0 Å². The third-order valence-electron chi connectivity index (χ3n) is 4.05. The van der Waals surface area contributed by atoms with E-state index in [2.05, 4.69) is 21.6 Å². The van der Waals surface area contributed by atoms with Crippen molar-refractivity contribution in [1.82, 2.24) is 4.98 Å². The number of hydrazone groups is 1. The molecule has 0 aliphatic carbocycles. The molecule has 0 unspecified atom stereocenters. The summed E-state index contributed by atoms with van der Waals surface area (Å²) in [5, 5.41) is 22.5. The Morgan fingerprint density at radius 3 is 2.76 bits per heavy atom. The van der Waals surface area contributed by atoms with Crippen LogP contribution in [0, 0.1) is 18.3 Å². The molecule has 29 heavy (non-hydrogen) atoms. The normalized spacial score (nSPS) is 10.8. The van der Waals surface area contributed by atoms with Gasteiger partial charge in [-0.15, -0.1) is 0 Å². The number of benzene rings is 1. The minimum Gasteiger partial charge on any atom is -0.478 e. The number of nitrogens with one attached hydrogen (secondary N) is 1. The van der Waals surface area contributed by atoms with Crippen molar-refractivity contribution < 1.29 is 19.1 Å². The van der Waals surface area contributed by atoms with E-state index in [4.69, 9.17) is 14.3 Å². The first-order valence-corrected chi connectivity index (χ1v) is 8.64. The first-order chi connectivity index (χ1) is 14.0. The second kappa shape index (κ2) is 8.82. The van der Waals surface area contributed by atoms with Gasteiger partial charge in [0.05, 0.1) is 18.4 Å². The van der Waals surface area contributed by atoms with Crippen molar-refractivity contribution in [2.24, 2.45) is 5.10 Å². The number of nitrogens with zero attached hydrogens (tertiary/aromatic N) is 3. The molecule has 8 nitrogen and oxygen atoms in total. The summed E-state index contributed by atoms with van der Waals surface area (Å²) in [6, 6.07) is 13.8. The van der Waals surface area contributed by atoms with E-state index >= 15 is 0 Å². The molecule has 0 fully saturated rings. The number of aromatic nitrogens is 1. The number of pyridine rings is 1. The zero-order valence-corrected chi connectivity index (χ0v) is 15.8. The number of carboxylic acid groups (broad SMARTS) is 1. The van der Waals surface area contributed by atoms with Crippen molar-refractivity contribution in [3.05, 3.63) is 70.6 Å². The number of carbonyl (C=O) groups is 1. The molecule has 0 amide bonds. The van der Waals surface area contributed by atoms with Crippen LogP contribution in [0.1, 0.15) is 32.9 Å². The van der Waals surface area contributed by atoms with Crippen molar-refractivity contribution in [3.8, 4) is 17.4 Å². The van der Waals surface area contributed by atoms with Crippen LogP contribution < -0.4 is 5.43 Å². The van der Waals surface area contributed by atoms with Crippen molar-refractivity contribution >= 4 is 18.0 Å². The molecular formula is C21H18N4O4. The van der Waals surface area contributed by atoms with Gasteiger partial charge in [-0.3, -0.25) is 5.43 Å². The summed E-state index contributed by atoms with van der Waals surface area (Å²) in [6.45, 7) is 2.12. The van der Waals surface area contributed by atoms with Gasteiger partial charge in [0.15, 0.2) is 5.82 Å². The number of methoxy groups -OCH3 is 1. The maximum absolute atomic E-state index is 10.9. The van der Waals surface area contributed by atoms with Crippen molar-refractivity contribution in [3.63, 3.8) is 0 Å². The molecule has 2 N–H and O–H groups in total. The Hall–Kier alpha value is -3.96.